The van der Waals surface area contributed by atoms with E-state index >= 15 is 0 Å². The van der Waals surface area contributed by atoms with E-state index in [4.69, 9.17) is 4.74 Å². The third-order valence-electron chi connectivity index (χ3n) is 4.10. The van der Waals surface area contributed by atoms with Gasteiger partial charge in [0, 0.05) is 30.4 Å². The molecule has 0 atom stereocenters. The number of phenols is 1. The fourth-order valence-electron chi connectivity index (χ4n) is 2.80. The van der Waals surface area contributed by atoms with Gasteiger partial charge in [0.25, 0.3) is 5.91 Å². The van der Waals surface area contributed by atoms with Crippen LogP contribution >= 0.6 is 0 Å². The number of hydrazone groups is 1. The van der Waals surface area contributed by atoms with Crippen LogP contribution in [-0.4, -0.2) is 36.9 Å². The SMILES string of the molecule is CCN(CC)c1ccc(C=NNC(=O)COc2cc(C)cc(C)c2)c(O)c1. The second kappa shape index (κ2) is 9.62. The van der Waals surface area contributed by atoms with E-state index in [1.807, 2.05) is 38.1 Å². The molecule has 2 aromatic carbocycles. The van der Waals surface area contributed by atoms with Crippen LogP contribution in [0.1, 0.15) is 30.5 Å². The van der Waals surface area contributed by atoms with Crippen LogP contribution in [0.4, 0.5) is 5.69 Å². The number of benzene rings is 2. The minimum atomic E-state index is -0.371. The van der Waals surface area contributed by atoms with Gasteiger partial charge in [-0.3, -0.25) is 4.79 Å². The highest BCUT2D eigenvalue weighted by atomic mass is 16.5. The molecule has 0 saturated carbocycles. The van der Waals surface area contributed by atoms with Gasteiger partial charge in [0.2, 0.25) is 0 Å². The fraction of sp³-hybridized carbons (Fsp3) is 0.333. The summed E-state index contributed by atoms with van der Waals surface area (Å²) in [6, 6.07) is 11.2. The number of rotatable bonds is 8. The van der Waals surface area contributed by atoms with E-state index in [-0.39, 0.29) is 18.3 Å². The molecule has 0 fully saturated rings. The summed E-state index contributed by atoms with van der Waals surface area (Å²) in [7, 11) is 0. The maximum absolute atomic E-state index is 11.9. The summed E-state index contributed by atoms with van der Waals surface area (Å²) < 4.78 is 5.48. The van der Waals surface area contributed by atoms with Crippen molar-refractivity contribution in [3.05, 3.63) is 53.1 Å². The lowest BCUT2D eigenvalue weighted by Gasteiger charge is -2.21. The molecule has 0 aliphatic heterocycles. The Morgan fingerprint density at radius 1 is 1.15 bits per heavy atom. The number of ether oxygens (including phenoxy) is 1. The first-order chi connectivity index (χ1) is 12.9. The first-order valence-corrected chi connectivity index (χ1v) is 9.03. The normalized spacial score (nSPS) is 10.8. The molecule has 1 amide bonds. The molecule has 0 aliphatic carbocycles. The summed E-state index contributed by atoms with van der Waals surface area (Å²) in [5.74, 6) is 0.393. The van der Waals surface area contributed by atoms with Crippen LogP contribution in [0.2, 0.25) is 0 Å². The smallest absolute Gasteiger partial charge is 0.277 e. The summed E-state index contributed by atoms with van der Waals surface area (Å²) in [6.07, 6.45) is 1.41. The van der Waals surface area contributed by atoms with E-state index in [9.17, 15) is 9.90 Å². The molecule has 2 rings (SSSR count). The molecule has 2 aromatic rings. The minimum Gasteiger partial charge on any atom is -0.507 e. The van der Waals surface area contributed by atoms with Crippen LogP contribution in [0.3, 0.4) is 0 Å². The van der Waals surface area contributed by atoms with E-state index in [0.717, 1.165) is 29.9 Å². The number of aromatic hydroxyl groups is 1. The van der Waals surface area contributed by atoms with Gasteiger partial charge in [-0.25, -0.2) is 5.43 Å². The van der Waals surface area contributed by atoms with Crippen molar-refractivity contribution in [3.8, 4) is 11.5 Å². The van der Waals surface area contributed by atoms with Crippen LogP contribution < -0.4 is 15.1 Å². The molecule has 27 heavy (non-hydrogen) atoms. The molecular weight excluding hydrogens is 342 g/mol. The maximum atomic E-state index is 11.9. The zero-order valence-electron chi connectivity index (χ0n) is 16.3. The van der Waals surface area contributed by atoms with Gasteiger partial charge < -0.3 is 14.7 Å². The number of phenolic OH excluding ortho intramolecular Hbond substituents is 1. The molecule has 0 aliphatic rings. The fourth-order valence-corrected chi connectivity index (χ4v) is 2.80. The van der Waals surface area contributed by atoms with Gasteiger partial charge in [-0.05, 0) is 63.1 Å². The van der Waals surface area contributed by atoms with Crippen LogP contribution in [0, 0.1) is 13.8 Å². The van der Waals surface area contributed by atoms with Crippen molar-refractivity contribution in [2.24, 2.45) is 5.10 Å². The summed E-state index contributed by atoms with van der Waals surface area (Å²) in [6.45, 7) is 9.66. The molecule has 0 aromatic heterocycles. The van der Waals surface area contributed by atoms with Gasteiger partial charge in [-0.1, -0.05) is 6.07 Å². The monoisotopic (exact) mass is 369 g/mol. The van der Waals surface area contributed by atoms with Crippen molar-refractivity contribution in [1.82, 2.24) is 5.43 Å². The zero-order chi connectivity index (χ0) is 19.8. The molecule has 6 nitrogen and oxygen atoms in total. The van der Waals surface area contributed by atoms with Crippen molar-refractivity contribution in [1.29, 1.82) is 0 Å². The Morgan fingerprint density at radius 2 is 1.81 bits per heavy atom. The highest BCUT2D eigenvalue weighted by molar-refractivity contribution is 5.86. The average Bonchev–Trinajstić information content (AvgIpc) is 2.62. The van der Waals surface area contributed by atoms with E-state index < -0.39 is 0 Å². The molecule has 0 bridgehead atoms. The molecule has 2 N–H and O–H groups in total. The Hall–Kier alpha value is -3.02. The van der Waals surface area contributed by atoms with Gasteiger partial charge in [0.1, 0.15) is 11.5 Å². The largest absolute Gasteiger partial charge is 0.507 e. The molecule has 0 radical (unpaired) electrons. The van der Waals surface area contributed by atoms with Crippen molar-refractivity contribution in [2.45, 2.75) is 27.7 Å². The number of anilines is 1. The summed E-state index contributed by atoms with van der Waals surface area (Å²) in [5.41, 5.74) is 6.03. The predicted octanol–water partition coefficient (Wildman–Crippen LogP) is 3.38. The third-order valence-corrected chi connectivity index (χ3v) is 4.10. The lowest BCUT2D eigenvalue weighted by Crippen LogP contribution is -2.24. The third kappa shape index (κ3) is 6.02. The molecule has 0 unspecified atom stereocenters. The van der Waals surface area contributed by atoms with Gasteiger partial charge >= 0.3 is 0 Å². The molecule has 6 heteroatoms. The van der Waals surface area contributed by atoms with Gasteiger partial charge in [0.05, 0.1) is 6.21 Å². The van der Waals surface area contributed by atoms with Gasteiger partial charge in [0.15, 0.2) is 6.61 Å². The second-order valence-electron chi connectivity index (χ2n) is 6.32. The number of aryl methyl sites for hydroxylation is 2. The van der Waals surface area contributed by atoms with Crippen LogP contribution in [0.5, 0.6) is 11.5 Å². The minimum absolute atomic E-state index is 0.115. The van der Waals surface area contributed by atoms with Gasteiger partial charge in [-0.2, -0.15) is 5.10 Å². The number of amides is 1. The topological polar surface area (TPSA) is 74.2 Å². The van der Waals surface area contributed by atoms with E-state index in [0.29, 0.717) is 11.3 Å². The lowest BCUT2D eigenvalue weighted by atomic mass is 10.1. The number of nitrogens with one attached hydrogen (secondary N) is 1. The predicted molar refractivity (Wildman–Crippen MR) is 109 cm³/mol. The number of carbonyl (C=O) groups excluding carboxylic acids is 1. The number of carbonyl (C=O) groups is 1. The average molecular weight is 369 g/mol. The molecule has 0 spiro atoms. The Morgan fingerprint density at radius 3 is 2.41 bits per heavy atom. The van der Waals surface area contributed by atoms with E-state index in [1.54, 1.807) is 12.1 Å². The highest BCUT2D eigenvalue weighted by Gasteiger charge is 2.06. The molecule has 0 saturated heterocycles. The zero-order valence-corrected chi connectivity index (χ0v) is 16.3. The summed E-state index contributed by atoms with van der Waals surface area (Å²) >= 11 is 0. The number of hydrogen-bond donors (Lipinski definition) is 2. The first kappa shape index (κ1) is 20.3. The van der Waals surface area contributed by atoms with Crippen molar-refractivity contribution in [2.75, 3.05) is 24.6 Å². The Labute approximate surface area is 160 Å². The van der Waals surface area contributed by atoms with Crippen LogP contribution in [0.25, 0.3) is 0 Å². The standard InChI is InChI=1S/C21H27N3O3/c1-5-24(6-2)18-8-7-17(20(25)12-18)13-22-23-21(26)14-27-19-10-15(3)9-16(4)11-19/h7-13,25H,5-6,14H2,1-4H3,(H,23,26). The Kier molecular flexibility index (Phi) is 7.23. The van der Waals surface area contributed by atoms with Crippen LogP contribution in [-0.2, 0) is 4.79 Å². The number of hydrogen-bond acceptors (Lipinski definition) is 5. The second-order valence-corrected chi connectivity index (χ2v) is 6.32. The molecule has 0 heterocycles. The Balaban J connectivity index is 1.89. The highest BCUT2D eigenvalue weighted by Crippen LogP contribution is 2.23. The number of nitrogens with zero attached hydrogens (tertiary/aromatic N) is 2. The van der Waals surface area contributed by atoms with E-state index in [1.165, 1.54) is 6.21 Å². The van der Waals surface area contributed by atoms with E-state index in [2.05, 4.69) is 29.3 Å². The quantitative estimate of drug-likeness (QED) is 0.553. The molecular formula is C21H27N3O3. The first-order valence-electron chi connectivity index (χ1n) is 9.03. The van der Waals surface area contributed by atoms with Crippen LogP contribution in [0.15, 0.2) is 41.5 Å². The summed E-state index contributed by atoms with van der Waals surface area (Å²) in [4.78, 5) is 14.0. The summed E-state index contributed by atoms with van der Waals surface area (Å²) in [5, 5.41) is 14.0. The molecule has 144 valence electrons. The lowest BCUT2D eigenvalue weighted by molar-refractivity contribution is -0.123. The van der Waals surface area contributed by atoms with Crippen molar-refractivity contribution >= 4 is 17.8 Å². The van der Waals surface area contributed by atoms with Crippen molar-refractivity contribution in [3.63, 3.8) is 0 Å². The van der Waals surface area contributed by atoms with Crippen molar-refractivity contribution < 1.29 is 14.6 Å². The maximum Gasteiger partial charge on any atom is 0.277 e. The Bertz CT molecular complexity index is 794. The van der Waals surface area contributed by atoms with Gasteiger partial charge in [-0.15, -0.1) is 0 Å².